The van der Waals surface area contributed by atoms with Gasteiger partial charge in [-0.05, 0) is 49.3 Å². The van der Waals surface area contributed by atoms with Crippen molar-refractivity contribution < 1.29 is 9.52 Å². The molecule has 1 aromatic heterocycles. The fourth-order valence-electron chi connectivity index (χ4n) is 2.63. The van der Waals surface area contributed by atoms with Crippen LogP contribution in [-0.4, -0.2) is 16.2 Å². The standard InChI is InChI=1S/C13H15NO3/c15-10-4-1-8(2-5-10)9-3-6-12-11(7-9)14-13(16)17-12/h3,6-8,10,15H,1-2,4-5H2,(H,14,16). The van der Waals surface area contributed by atoms with Gasteiger partial charge in [0.25, 0.3) is 0 Å². The molecular weight excluding hydrogens is 218 g/mol. The first-order valence-corrected chi connectivity index (χ1v) is 6.03. The molecule has 0 unspecified atom stereocenters. The van der Waals surface area contributed by atoms with Gasteiger partial charge in [0.05, 0.1) is 11.6 Å². The van der Waals surface area contributed by atoms with Crippen LogP contribution in [0, 0.1) is 0 Å². The van der Waals surface area contributed by atoms with Crippen molar-refractivity contribution >= 4 is 11.1 Å². The van der Waals surface area contributed by atoms with E-state index in [4.69, 9.17) is 4.42 Å². The topological polar surface area (TPSA) is 66.2 Å². The average Bonchev–Trinajstić information content (AvgIpc) is 2.69. The van der Waals surface area contributed by atoms with Crippen molar-refractivity contribution in [2.75, 3.05) is 0 Å². The maximum Gasteiger partial charge on any atom is 0.417 e. The highest BCUT2D eigenvalue weighted by molar-refractivity contribution is 5.72. The summed E-state index contributed by atoms with van der Waals surface area (Å²) < 4.78 is 4.98. The largest absolute Gasteiger partial charge is 0.417 e. The summed E-state index contributed by atoms with van der Waals surface area (Å²) in [7, 11) is 0. The third kappa shape index (κ3) is 2.00. The fourth-order valence-corrected chi connectivity index (χ4v) is 2.63. The molecule has 0 aliphatic heterocycles. The first-order chi connectivity index (χ1) is 8.22. The van der Waals surface area contributed by atoms with E-state index in [1.807, 2.05) is 18.2 Å². The van der Waals surface area contributed by atoms with Crippen molar-refractivity contribution in [1.82, 2.24) is 4.98 Å². The van der Waals surface area contributed by atoms with E-state index in [0.29, 0.717) is 11.5 Å². The molecule has 0 bridgehead atoms. The Kier molecular flexibility index (Phi) is 2.52. The second-order valence-corrected chi connectivity index (χ2v) is 4.78. The van der Waals surface area contributed by atoms with Crippen LogP contribution < -0.4 is 5.76 Å². The predicted octanol–water partition coefficient (Wildman–Crippen LogP) is 2.14. The minimum atomic E-state index is -0.406. The molecule has 1 fully saturated rings. The zero-order valence-corrected chi connectivity index (χ0v) is 9.48. The highest BCUT2D eigenvalue weighted by Gasteiger charge is 2.21. The first kappa shape index (κ1) is 10.6. The second kappa shape index (κ2) is 4.04. The van der Waals surface area contributed by atoms with Gasteiger partial charge in [0, 0.05) is 0 Å². The molecule has 2 aromatic rings. The zero-order valence-electron chi connectivity index (χ0n) is 9.48. The monoisotopic (exact) mass is 233 g/mol. The van der Waals surface area contributed by atoms with Crippen LogP contribution in [0.25, 0.3) is 11.1 Å². The van der Waals surface area contributed by atoms with E-state index in [1.54, 1.807) is 0 Å². The lowest BCUT2D eigenvalue weighted by molar-refractivity contribution is 0.122. The Labute approximate surface area is 98.3 Å². The molecular formula is C13H15NO3. The maximum absolute atomic E-state index is 11.1. The highest BCUT2D eigenvalue weighted by atomic mass is 16.4. The van der Waals surface area contributed by atoms with Crippen LogP contribution in [0.2, 0.25) is 0 Å². The third-order valence-electron chi connectivity index (χ3n) is 3.61. The molecule has 0 spiro atoms. The van der Waals surface area contributed by atoms with E-state index >= 15 is 0 Å². The zero-order chi connectivity index (χ0) is 11.8. The molecule has 0 amide bonds. The Morgan fingerprint density at radius 3 is 2.76 bits per heavy atom. The van der Waals surface area contributed by atoms with Crippen molar-refractivity contribution in [3.63, 3.8) is 0 Å². The number of hydrogen-bond donors (Lipinski definition) is 2. The van der Waals surface area contributed by atoms with Crippen LogP contribution in [0.4, 0.5) is 0 Å². The minimum Gasteiger partial charge on any atom is -0.408 e. The Hall–Kier alpha value is -1.55. The molecule has 1 aliphatic carbocycles. The summed E-state index contributed by atoms with van der Waals surface area (Å²) in [6, 6.07) is 5.84. The molecule has 0 radical (unpaired) electrons. The Morgan fingerprint density at radius 1 is 1.24 bits per heavy atom. The first-order valence-electron chi connectivity index (χ1n) is 6.03. The van der Waals surface area contributed by atoms with E-state index < -0.39 is 5.76 Å². The van der Waals surface area contributed by atoms with Crippen molar-refractivity contribution in [2.24, 2.45) is 0 Å². The van der Waals surface area contributed by atoms with Gasteiger partial charge in [0.1, 0.15) is 0 Å². The van der Waals surface area contributed by atoms with Crippen LogP contribution in [0.1, 0.15) is 37.2 Å². The quantitative estimate of drug-likeness (QED) is 0.793. The lowest BCUT2D eigenvalue weighted by Crippen LogP contribution is -2.16. The molecule has 2 N–H and O–H groups in total. The number of H-pyrrole nitrogens is 1. The summed E-state index contributed by atoms with van der Waals surface area (Å²) in [6.45, 7) is 0. The number of rotatable bonds is 1. The SMILES string of the molecule is O=c1[nH]c2cc(C3CCC(O)CC3)ccc2o1. The number of oxazole rings is 1. The lowest BCUT2D eigenvalue weighted by Gasteiger charge is -2.25. The summed E-state index contributed by atoms with van der Waals surface area (Å²) in [6.07, 6.45) is 3.61. The van der Waals surface area contributed by atoms with E-state index in [9.17, 15) is 9.90 Å². The van der Waals surface area contributed by atoms with Gasteiger partial charge in [0.2, 0.25) is 0 Å². The number of fused-ring (bicyclic) bond motifs is 1. The van der Waals surface area contributed by atoms with Gasteiger partial charge < -0.3 is 9.52 Å². The number of nitrogens with one attached hydrogen (secondary N) is 1. The molecule has 17 heavy (non-hydrogen) atoms. The molecule has 90 valence electrons. The Bertz CT molecular complexity index is 576. The normalized spacial score (nSPS) is 25.2. The van der Waals surface area contributed by atoms with E-state index in [0.717, 1.165) is 31.2 Å². The number of benzene rings is 1. The summed E-state index contributed by atoms with van der Waals surface area (Å²) >= 11 is 0. The van der Waals surface area contributed by atoms with Crippen LogP contribution in [0.15, 0.2) is 27.4 Å². The van der Waals surface area contributed by atoms with E-state index in [-0.39, 0.29) is 6.10 Å². The molecule has 1 saturated carbocycles. The third-order valence-corrected chi connectivity index (χ3v) is 3.61. The summed E-state index contributed by atoms with van der Waals surface area (Å²) in [5, 5.41) is 9.49. The van der Waals surface area contributed by atoms with E-state index in [1.165, 1.54) is 5.56 Å². The van der Waals surface area contributed by atoms with Gasteiger partial charge in [-0.1, -0.05) is 6.07 Å². The van der Waals surface area contributed by atoms with Gasteiger partial charge >= 0.3 is 5.76 Å². The number of aromatic amines is 1. The van der Waals surface area contributed by atoms with Gasteiger partial charge in [-0.2, -0.15) is 0 Å². The lowest BCUT2D eigenvalue weighted by atomic mass is 9.83. The number of hydrogen-bond acceptors (Lipinski definition) is 3. The summed E-state index contributed by atoms with van der Waals surface area (Å²) in [5.41, 5.74) is 2.59. The Balaban J connectivity index is 1.92. The van der Waals surface area contributed by atoms with Crippen LogP contribution >= 0.6 is 0 Å². The van der Waals surface area contributed by atoms with Gasteiger partial charge in [0.15, 0.2) is 5.58 Å². The van der Waals surface area contributed by atoms with Gasteiger partial charge in [-0.3, -0.25) is 4.98 Å². The highest BCUT2D eigenvalue weighted by Crippen LogP contribution is 2.33. The van der Waals surface area contributed by atoms with Gasteiger partial charge in [-0.15, -0.1) is 0 Å². The van der Waals surface area contributed by atoms with Crippen LogP contribution in [0.3, 0.4) is 0 Å². The molecule has 1 heterocycles. The molecule has 0 atom stereocenters. The molecule has 1 aromatic carbocycles. The molecule has 0 saturated heterocycles. The number of aromatic nitrogens is 1. The van der Waals surface area contributed by atoms with Crippen molar-refractivity contribution in [1.29, 1.82) is 0 Å². The average molecular weight is 233 g/mol. The summed E-state index contributed by atoms with van der Waals surface area (Å²) in [5.74, 6) is 0.0809. The predicted molar refractivity (Wildman–Crippen MR) is 64.1 cm³/mol. The molecule has 3 rings (SSSR count). The smallest absolute Gasteiger partial charge is 0.408 e. The van der Waals surface area contributed by atoms with Crippen molar-refractivity contribution in [2.45, 2.75) is 37.7 Å². The second-order valence-electron chi connectivity index (χ2n) is 4.78. The minimum absolute atomic E-state index is 0.135. The fraction of sp³-hybridized carbons (Fsp3) is 0.462. The molecule has 4 heteroatoms. The molecule has 1 aliphatic rings. The Morgan fingerprint density at radius 2 is 2.00 bits per heavy atom. The molecule has 4 nitrogen and oxygen atoms in total. The van der Waals surface area contributed by atoms with E-state index in [2.05, 4.69) is 4.98 Å². The van der Waals surface area contributed by atoms with Crippen molar-refractivity contribution in [3.05, 3.63) is 34.3 Å². The van der Waals surface area contributed by atoms with Crippen LogP contribution in [0.5, 0.6) is 0 Å². The number of aliphatic hydroxyl groups excluding tert-OH is 1. The van der Waals surface area contributed by atoms with Gasteiger partial charge in [-0.25, -0.2) is 4.79 Å². The summed E-state index contributed by atoms with van der Waals surface area (Å²) in [4.78, 5) is 13.7. The number of aliphatic hydroxyl groups is 1. The van der Waals surface area contributed by atoms with Crippen LogP contribution in [-0.2, 0) is 0 Å². The maximum atomic E-state index is 11.1. The van der Waals surface area contributed by atoms with Crippen molar-refractivity contribution in [3.8, 4) is 0 Å².